The average Bonchev–Trinajstić information content (AvgIpc) is 2.39. The van der Waals surface area contributed by atoms with E-state index in [-0.39, 0.29) is 0 Å². The Balaban J connectivity index is 1.98. The second-order valence-corrected chi connectivity index (χ2v) is 4.82. The van der Waals surface area contributed by atoms with Crippen LogP contribution in [0.1, 0.15) is 17.2 Å². The van der Waals surface area contributed by atoms with Crippen molar-refractivity contribution in [3.05, 3.63) is 65.5 Å². The lowest BCUT2D eigenvalue weighted by Gasteiger charge is -2.22. The van der Waals surface area contributed by atoms with Crippen molar-refractivity contribution in [2.45, 2.75) is 12.6 Å². The van der Waals surface area contributed by atoms with Crippen LogP contribution in [0, 0.1) is 11.6 Å². The zero-order valence-electron chi connectivity index (χ0n) is 11.3. The number of rotatable bonds is 5. The highest BCUT2D eigenvalue weighted by Gasteiger charge is 2.14. The third-order valence-electron chi connectivity index (χ3n) is 3.07. The van der Waals surface area contributed by atoms with Crippen molar-refractivity contribution in [2.24, 2.45) is 5.73 Å². The number of nitrogens with two attached hydrogens (primary N) is 1. The second-order valence-electron chi connectivity index (χ2n) is 4.82. The molecule has 0 fully saturated rings. The van der Waals surface area contributed by atoms with Crippen LogP contribution in [0.15, 0.2) is 42.7 Å². The molecule has 2 aromatic rings. The monoisotopic (exact) mass is 277 g/mol. The molecule has 3 nitrogen and oxygen atoms in total. The van der Waals surface area contributed by atoms with Crippen LogP contribution in [0.3, 0.4) is 0 Å². The number of hydrogen-bond acceptors (Lipinski definition) is 3. The highest BCUT2D eigenvalue weighted by molar-refractivity contribution is 5.22. The van der Waals surface area contributed by atoms with Gasteiger partial charge in [-0.1, -0.05) is 6.07 Å². The summed E-state index contributed by atoms with van der Waals surface area (Å²) in [5.74, 6) is -1.20. The molecule has 1 aromatic carbocycles. The summed E-state index contributed by atoms with van der Waals surface area (Å²) in [5, 5.41) is 0. The van der Waals surface area contributed by atoms with Gasteiger partial charge >= 0.3 is 0 Å². The minimum atomic E-state index is -0.602. The molecule has 0 aliphatic heterocycles. The van der Waals surface area contributed by atoms with Crippen molar-refractivity contribution in [3.63, 3.8) is 0 Å². The van der Waals surface area contributed by atoms with Gasteiger partial charge < -0.3 is 10.6 Å². The number of hydrogen-bond donors (Lipinski definition) is 1. The molecule has 20 heavy (non-hydrogen) atoms. The molecule has 0 spiro atoms. The van der Waals surface area contributed by atoms with E-state index in [0.717, 1.165) is 11.6 Å². The van der Waals surface area contributed by atoms with Gasteiger partial charge in [-0.25, -0.2) is 8.78 Å². The summed E-state index contributed by atoms with van der Waals surface area (Å²) in [7, 11) is 1.90. The van der Waals surface area contributed by atoms with Crippen LogP contribution < -0.4 is 5.73 Å². The fraction of sp³-hybridized carbons (Fsp3) is 0.267. The molecule has 2 rings (SSSR count). The third kappa shape index (κ3) is 3.82. The number of benzene rings is 1. The fourth-order valence-electron chi connectivity index (χ4n) is 2.10. The lowest BCUT2D eigenvalue weighted by atomic mass is 10.1. The first-order chi connectivity index (χ1) is 9.56. The second kappa shape index (κ2) is 6.54. The molecule has 2 N–H and O–H groups in total. The first-order valence-corrected chi connectivity index (χ1v) is 6.34. The molecule has 1 atom stereocenters. The molecule has 0 aliphatic rings. The summed E-state index contributed by atoms with van der Waals surface area (Å²) in [6.07, 6.45) is 3.45. The maximum atomic E-state index is 13.6. The highest BCUT2D eigenvalue weighted by Crippen LogP contribution is 2.17. The van der Waals surface area contributed by atoms with E-state index < -0.39 is 17.7 Å². The maximum absolute atomic E-state index is 13.6. The van der Waals surface area contributed by atoms with Gasteiger partial charge in [0.05, 0.1) is 0 Å². The average molecular weight is 277 g/mol. The minimum absolute atomic E-state index is 0.327. The normalized spacial score (nSPS) is 12.7. The minimum Gasteiger partial charge on any atom is -0.323 e. The predicted octanol–water partition coefficient (Wildman–Crippen LogP) is 2.49. The van der Waals surface area contributed by atoms with Crippen LogP contribution in [0.4, 0.5) is 8.78 Å². The van der Waals surface area contributed by atoms with E-state index in [1.54, 1.807) is 12.4 Å². The third-order valence-corrected chi connectivity index (χ3v) is 3.07. The summed E-state index contributed by atoms with van der Waals surface area (Å²) in [5.41, 5.74) is 7.42. The molecule has 1 aromatic heterocycles. The molecule has 106 valence electrons. The fourth-order valence-corrected chi connectivity index (χ4v) is 2.10. The van der Waals surface area contributed by atoms with Gasteiger partial charge in [-0.15, -0.1) is 0 Å². The number of aromatic nitrogens is 1. The SMILES string of the molecule is CN(Cc1ccncc1)CC(N)c1ccc(F)cc1F. The standard InChI is InChI=1S/C15H17F2N3/c1-20(9-11-4-6-19-7-5-11)10-15(18)13-3-2-12(16)8-14(13)17/h2-8,15H,9-10,18H2,1H3. The first kappa shape index (κ1) is 14.6. The molecule has 0 bridgehead atoms. The first-order valence-electron chi connectivity index (χ1n) is 6.34. The van der Waals surface area contributed by atoms with Crippen LogP contribution in [-0.4, -0.2) is 23.5 Å². The number of halogens is 2. The Labute approximate surface area is 117 Å². The van der Waals surface area contributed by atoms with Crippen molar-refractivity contribution in [2.75, 3.05) is 13.6 Å². The Morgan fingerprint density at radius 1 is 1.20 bits per heavy atom. The largest absolute Gasteiger partial charge is 0.323 e. The van der Waals surface area contributed by atoms with Gasteiger partial charge in [-0.3, -0.25) is 4.98 Å². The molecule has 0 aliphatic carbocycles. The summed E-state index contributed by atoms with van der Waals surface area (Å²) >= 11 is 0. The lowest BCUT2D eigenvalue weighted by molar-refractivity contribution is 0.302. The smallest absolute Gasteiger partial charge is 0.130 e. The molecule has 0 amide bonds. The Morgan fingerprint density at radius 3 is 2.55 bits per heavy atom. The summed E-state index contributed by atoms with van der Waals surface area (Å²) in [6.45, 7) is 1.17. The van der Waals surface area contributed by atoms with Crippen LogP contribution in [0.25, 0.3) is 0 Å². The molecule has 0 saturated heterocycles. The van der Waals surface area contributed by atoms with Crippen molar-refractivity contribution < 1.29 is 8.78 Å². The zero-order valence-corrected chi connectivity index (χ0v) is 11.3. The summed E-state index contributed by atoms with van der Waals surface area (Å²) < 4.78 is 26.5. The lowest BCUT2D eigenvalue weighted by Crippen LogP contribution is -2.29. The predicted molar refractivity (Wildman–Crippen MR) is 73.9 cm³/mol. The Morgan fingerprint density at radius 2 is 1.90 bits per heavy atom. The number of pyridine rings is 1. The maximum Gasteiger partial charge on any atom is 0.130 e. The van der Waals surface area contributed by atoms with Crippen molar-refractivity contribution in [3.8, 4) is 0 Å². The van der Waals surface area contributed by atoms with E-state index in [1.807, 2.05) is 24.1 Å². The van der Waals surface area contributed by atoms with Gasteiger partial charge in [0.1, 0.15) is 11.6 Å². The Hall–Kier alpha value is -1.85. The van der Waals surface area contributed by atoms with E-state index in [2.05, 4.69) is 4.98 Å². The van der Waals surface area contributed by atoms with Crippen molar-refractivity contribution in [1.29, 1.82) is 0 Å². The molecule has 5 heteroatoms. The van der Waals surface area contributed by atoms with Crippen LogP contribution >= 0.6 is 0 Å². The van der Waals surface area contributed by atoms with Gasteiger partial charge in [0.15, 0.2) is 0 Å². The molecular weight excluding hydrogens is 260 g/mol. The van der Waals surface area contributed by atoms with E-state index in [0.29, 0.717) is 18.7 Å². The zero-order chi connectivity index (χ0) is 14.5. The van der Waals surface area contributed by atoms with Gasteiger partial charge in [-0.2, -0.15) is 0 Å². The number of likely N-dealkylation sites (N-methyl/N-ethyl adjacent to an activating group) is 1. The van der Waals surface area contributed by atoms with Crippen LogP contribution in [0.5, 0.6) is 0 Å². The quantitative estimate of drug-likeness (QED) is 0.913. The summed E-state index contributed by atoms with van der Waals surface area (Å²) in [6, 6.07) is 6.82. The summed E-state index contributed by atoms with van der Waals surface area (Å²) in [4.78, 5) is 5.94. The van der Waals surface area contributed by atoms with Gasteiger partial charge in [0, 0.05) is 43.2 Å². The van der Waals surface area contributed by atoms with Gasteiger partial charge in [0.2, 0.25) is 0 Å². The molecular formula is C15H17F2N3. The topological polar surface area (TPSA) is 42.2 Å². The van der Waals surface area contributed by atoms with Crippen LogP contribution in [-0.2, 0) is 6.54 Å². The van der Waals surface area contributed by atoms with Crippen LogP contribution in [0.2, 0.25) is 0 Å². The van der Waals surface area contributed by atoms with E-state index in [1.165, 1.54) is 12.1 Å². The molecule has 0 radical (unpaired) electrons. The Bertz CT molecular complexity index is 560. The van der Waals surface area contributed by atoms with Crippen molar-refractivity contribution in [1.82, 2.24) is 9.88 Å². The molecule has 0 saturated carbocycles. The number of nitrogens with zero attached hydrogens (tertiary/aromatic N) is 2. The van der Waals surface area contributed by atoms with E-state index in [4.69, 9.17) is 5.73 Å². The molecule has 1 unspecified atom stereocenters. The van der Waals surface area contributed by atoms with E-state index >= 15 is 0 Å². The van der Waals surface area contributed by atoms with Gasteiger partial charge in [-0.05, 0) is 30.8 Å². The Kier molecular flexibility index (Phi) is 4.76. The molecule has 1 heterocycles. The van der Waals surface area contributed by atoms with Gasteiger partial charge in [0.25, 0.3) is 0 Å². The van der Waals surface area contributed by atoms with Crippen molar-refractivity contribution >= 4 is 0 Å². The highest BCUT2D eigenvalue weighted by atomic mass is 19.1. The van der Waals surface area contributed by atoms with E-state index in [9.17, 15) is 8.78 Å².